The Kier molecular flexibility index (Phi) is 6.86. The number of amides is 1. The minimum Gasteiger partial charge on any atom is -0.376 e. The Morgan fingerprint density at radius 1 is 1.30 bits per heavy atom. The van der Waals surface area contributed by atoms with E-state index in [0.29, 0.717) is 29.9 Å². The molecule has 0 spiro atoms. The molecular weight excluding hydrogens is 425 g/mol. The van der Waals surface area contributed by atoms with Gasteiger partial charge in [0.1, 0.15) is 18.0 Å². The number of halogens is 1. The molecule has 1 amide bonds. The highest BCUT2D eigenvalue weighted by Gasteiger charge is 2.45. The van der Waals surface area contributed by atoms with Crippen molar-refractivity contribution in [2.75, 3.05) is 25.1 Å². The number of aromatic nitrogens is 1. The third-order valence-electron chi connectivity index (χ3n) is 6.33. The summed E-state index contributed by atoms with van der Waals surface area (Å²) in [6.07, 6.45) is 1.63. The number of nitrogens with one attached hydrogen (secondary N) is 1. The molecule has 4 rings (SSSR count). The van der Waals surface area contributed by atoms with E-state index in [1.807, 2.05) is 38.8 Å². The van der Waals surface area contributed by atoms with Crippen molar-refractivity contribution >= 4 is 11.6 Å². The van der Waals surface area contributed by atoms with Crippen LogP contribution in [0, 0.1) is 5.82 Å². The third kappa shape index (κ3) is 4.54. The van der Waals surface area contributed by atoms with E-state index in [0.717, 1.165) is 25.1 Å². The molecule has 33 heavy (non-hydrogen) atoms. The number of hydrogen-bond donors (Lipinski definition) is 1. The molecule has 1 N–H and O–H groups in total. The topological polar surface area (TPSA) is 72.8 Å². The predicted molar refractivity (Wildman–Crippen MR) is 125 cm³/mol. The van der Waals surface area contributed by atoms with Crippen LogP contribution in [0.2, 0.25) is 0 Å². The van der Waals surface area contributed by atoms with E-state index in [2.05, 4.69) is 5.32 Å². The van der Waals surface area contributed by atoms with Crippen LogP contribution in [0.3, 0.4) is 0 Å². The SMILES string of the molecule is CCc1cc2c(c(=O)n1-c1ccc(F)cc1)C(OC(C)C)C(C(=O)NCC1CCCO1)N2C. The summed E-state index contributed by atoms with van der Waals surface area (Å²) < 4.78 is 26.9. The van der Waals surface area contributed by atoms with Crippen LogP contribution < -0.4 is 15.8 Å². The van der Waals surface area contributed by atoms with Gasteiger partial charge in [0, 0.05) is 31.6 Å². The number of pyridine rings is 1. The van der Waals surface area contributed by atoms with Crippen LogP contribution in [-0.4, -0.2) is 48.9 Å². The van der Waals surface area contributed by atoms with Crippen LogP contribution >= 0.6 is 0 Å². The van der Waals surface area contributed by atoms with E-state index in [-0.39, 0.29) is 29.5 Å². The molecule has 2 aliphatic heterocycles. The van der Waals surface area contributed by atoms with E-state index < -0.39 is 12.1 Å². The number of aryl methyl sites for hydroxylation is 1. The fourth-order valence-electron chi connectivity index (χ4n) is 4.74. The van der Waals surface area contributed by atoms with Gasteiger partial charge in [-0.3, -0.25) is 14.2 Å². The molecule has 1 fully saturated rings. The number of carbonyl (C=O) groups excluding carboxylic acids is 1. The highest BCUT2D eigenvalue weighted by molar-refractivity contribution is 5.89. The molecule has 2 aromatic rings. The largest absolute Gasteiger partial charge is 0.376 e. The van der Waals surface area contributed by atoms with Crippen molar-refractivity contribution in [3.8, 4) is 5.69 Å². The first-order valence-corrected chi connectivity index (χ1v) is 11.6. The maximum atomic E-state index is 13.8. The van der Waals surface area contributed by atoms with Crippen LogP contribution in [0.5, 0.6) is 0 Å². The average molecular weight is 458 g/mol. The lowest BCUT2D eigenvalue weighted by atomic mass is 10.0. The molecule has 0 bridgehead atoms. The molecule has 178 valence electrons. The first kappa shape index (κ1) is 23.4. The fraction of sp³-hybridized carbons (Fsp3) is 0.520. The van der Waals surface area contributed by atoms with Gasteiger partial charge in [-0.1, -0.05) is 6.92 Å². The second-order valence-electron chi connectivity index (χ2n) is 8.95. The normalized spacial score (nSPS) is 22.1. The monoisotopic (exact) mass is 457 g/mol. The molecule has 0 radical (unpaired) electrons. The second kappa shape index (κ2) is 9.65. The third-order valence-corrected chi connectivity index (χ3v) is 6.33. The number of carbonyl (C=O) groups is 1. The zero-order valence-electron chi connectivity index (χ0n) is 19.6. The Hall–Kier alpha value is -2.71. The number of ether oxygens (including phenoxy) is 2. The Morgan fingerprint density at radius 2 is 2.03 bits per heavy atom. The Bertz CT molecular complexity index is 1060. The molecule has 1 aromatic carbocycles. The van der Waals surface area contributed by atoms with Crippen molar-refractivity contribution in [1.29, 1.82) is 0 Å². The lowest BCUT2D eigenvalue weighted by Crippen LogP contribution is -2.48. The number of rotatable bonds is 7. The highest BCUT2D eigenvalue weighted by atomic mass is 19.1. The van der Waals surface area contributed by atoms with Gasteiger partial charge in [0.05, 0.1) is 23.5 Å². The summed E-state index contributed by atoms with van der Waals surface area (Å²) in [5.74, 6) is -0.560. The molecule has 3 heterocycles. The molecule has 3 unspecified atom stereocenters. The summed E-state index contributed by atoms with van der Waals surface area (Å²) in [6, 6.07) is 7.11. The van der Waals surface area contributed by atoms with Gasteiger partial charge in [-0.25, -0.2) is 4.39 Å². The van der Waals surface area contributed by atoms with Crippen molar-refractivity contribution in [2.24, 2.45) is 0 Å². The summed E-state index contributed by atoms with van der Waals surface area (Å²) in [6.45, 7) is 6.89. The minimum atomic E-state index is -0.723. The van der Waals surface area contributed by atoms with E-state index >= 15 is 0 Å². The molecule has 1 aromatic heterocycles. The molecular formula is C25H32FN3O4. The number of hydrogen-bond acceptors (Lipinski definition) is 5. The second-order valence-corrected chi connectivity index (χ2v) is 8.95. The van der Waals surface area contributed by atoms with Crippen LogP contribution in [0.1, 0.15) is 51.0 Å². The lowest BCUT2D eigenvalue weighted by Gasteiger charge is -2.27. The average Bonchev–Trinajstić information content (AvgIpc) is 3.39. The van der Waals surface area contributed by atoms with E-state index in [4.69, 9.17) is 9.47 Å². The first-order valence-electron chi connectivity index (χ1n) is 11.6. The van der Waals surface area contributed by atoms with Crippen LogP contribution in [0.25, 0.3) is 5.69 Å². The van der Waals surface area contributed by atoms with Crippen molar-refractivity contribution in [1.82, 2.24) is 9.88 Å². The van der Waals surface area contributed by atoms with E-state index in [1.165, 1.54) is 12.1 Å². The molecule has 2 aliphatic rings. The van der Waals surface area contributed by atoms with E-state index in [9.17, 15) is 14.0 Å². The molecule has 0 saturated carbocycles. The van der Waals surface area contributed by atoms with Crippen molar-refractivity contribution < 1.29 is 18.7 Å². The summed E-state index contributed by atoms with van der Waals surface area (Å²) >= 11 is 0. The molecule has 7 nitrogen and oxygen atoms in total. The summed E-state index contributed by atoms with van der Waals surface area (Å²) in [4.78, 5) is 28.9. The molecule has 1 saturated heterocycles. The fourth-order valence-corrected chi connectivity index (χ4v) is 4.74. The Morgan fingerprint density at radius 3 is 2.64 bits per heavy atom. The van der Waals surface area contributed by atoms with Gasteiger partial charge in [-0.2, -0.15) is 0 Å². The number of nitrogens with zero attached hydrogens (tertiary/aromatic N) is 2. The summed E-state index contributed by atoms with van der Waals surface area (Å²) in [5, 5.41) is 3.00. The Balaban J connectivity index is 1.75. The summed E-state index contributed by atoms with van der Waals surface area (Å²) in [5.41, 5.74) is 2.25. The number of benzene rings is 1. The van der Waals surface area contributed by atoms with Gasteiger partial charge in [0.25, 0.3) is 5.56 Å². The van der Waals surface area contributed by atoms with Crippen LogP contribution in [0.4, 0.5) is 10.1 Å². The molecule has 0 aliphatic carbocycles. The van der Waals surface area contributed by atoms with Gasteiger partial charge >= 0.3 is 0 Å². The van der Waals surface area contributed by atoms with Gasteiger partial charge in [0.15, 0.2) is 0 Å². The quantitative estimate of drug-likeness (QED) is 0.692. The predicted octanol–water partition coefficient (Wildman–Crippen LogP) is 3.12. The van der Waals surface area contributed by atoms with Crippen molar-refractivity contribution in [3.05, 3.63) is 57.8 Å². The van der Waals surface area contributed by atoms with Crippen molar-refractivity contribution in [2.45, 2.75) is 64.4 Å². The van der Waals surface area contributed by atoms with Crippen LogP contribution in [0.15, 0.2) is 35.1 Å². The zero-order chi connectivity index (χ0) is 23.7. The van der Waals surface area contributed by atoms with Gasteiger partial charge in [0.2, 0.25) is 5.91 Å². The van der Waals surface area contributed by atoms with Gasteiger partial charge in [-0.05, 0) is 63.4 Å². The Labute approximate surface area is 193 Å². The minimum absolute atomic E-state index is 0.0231. The maximum Gasteiger partial charge on any atom is 0.263 e. The standard InChI is InChI=1S/C25H32FN3O4/c1-5-17-13-20-21(25(31)29(17)18-10-8-16(26)9-11-18)23(33-15(2)3)22(28(20)4)24(30)27-14-19-7-6-12-32-19/h8-11,13,15,19,22-23H,5-7,12,14H2,1-4H3,(H,27,30). The zero-order valence-corrected chi connectivity index (χ0v) is 19.6. The maximum absolute atomic E-state index is 13.8. The molecule has 3 atom stereocenters. The van der Waals surface area contributed by atoms with Gasteiger partial charge in [-0.15, -0.1) is 0 Å². The first-order chi connectivity index (χ1) is 15.8. The number of fused-ring (bicyclic) bond motifs is 1. The van der Waals surface area contributed by atoms with Gasteiger partial charge < -0.3 is 19.7 Å². The number of anilines is 1. The van der Waals surface area contributed by atoms with E-state index in [1.54, 1.807) is 16.7 Å². The lowest BCUT2D eigenvalue weighted by molar-refractivity contribution is -0.127. The molecule has 8 heteroatoms. The summed E-state index contributed by atoms with van der Waals surface area (Å²) in [7, 11) is 1.82. The number of likely N-dealkylation sites (N-methyl/N-ethyl adjacent to an activating group) is 1. The smallest absolute Gasteiger partial charge is 0.263 e. The highest BCUT2D eigenvalue weighted by Crippen LogP contribution is 2.40. The van der Waals surface area contributed by atoms with Crippen LogP contribution in [-0.2, 0) is 20.7 Å². The van der Waals surface area contributed by atoms with Crippen molar-refractivity contribution in [3.63, 3.8) is 0 Å².